The molecule has 0 atom stereocenters. The van der Waals surface area contributed by atoms with Gasteiger partial charge in [-0.15, -0.1) is 0 Å². The van der Waals surface area contributed by atoms with E-state index in [1.54, 1.807) is 6.07 Å². The van der Waals surface area contributed by atoms with Gasteiger partial charge in [0.2, 0.25) is 5.95 Å². The monoisotopic (exact) mass is 315 g/mol. The van der Waals surface area contributed by atoms with Gasteiger partial charge in [0.15, 0.2) is 23.3 Å². The van der Waals surface area contributed by atoms with E-state index < -0.39 is 29.0 Å². The van der Waals surface area contributed by atoms with Gasteiger partial charge in [-0.1, -0.05) is 17.7 Å². The number of benzene rings is 2. The number of hydrogen-bond donors (Lipinski definition) is 1. The van der Waals surface area contributed by atoms with E-state index in [9.17, 15) is 17.6 Å². The third kappa shape index (κ3) is 1.92. The lowest BCUT2D eigenvalue weighted by molar-refractivity contribution is 0.449. The van der Waals surface area contributed by atoms with Crippen molar-refractivity contribution < 1.29 is 17.6 Å². The van der Waals surface area contributed by atoms with E-state index in [0.717, 1.165) is 4.57 Å². The average Bonchev–Trinajstić information content (AvgIpc) is 2.75. The number of para-hydroxylation sites is 1. The molecule has 0 unspecified atom stereocenters. The summed E-state index contributed by atoms with van der Waals surface area (Å²) in [7, 11) is 0. The van der Waals surface area contributed by atoms with Crippen molar-refractivity contribution in [1.29, 1.82) is 0 Å². The van der Waals surface area contributed by atoms with Gasteiger partial charge in [0.1, 0.15) is 5.69 Å². The van der Waals surface area contributed by atoms with Crippen LogP contribution in [-0.4, -0.2) is 9.55 Å². The van der Waals surface area contributed by atoms with E-state index in [0.29, 0.717) is 0 Å². The number of halogens is 5. The van der Waals surface area contributed by atoms with Crippen molar-refractivity contribution >= 4 is 28.6 Å². The van der Waals surface area contributed by atoms with Gasteiger partial charge in [-0.2, -0.15) is 0 Å². The van der Waals surface area contributed by atoms with Gasteiger partial charge in [0.25, 0.3) is 0 Å². The molecular formula is C13H6ClF4N3. The fourth-order valence-electron chi connectivity index (χ4n) is 2.09. The number of nitrogens with zero attached hydrogens (tertiary/aromatic N) is 2. The zero-order chi connectivity index (χ0) is 15.3. The zero-order valence-corrected chi connectivity index (χ0v) is 10.9. The van der Waals surface area contributed by atoms with Crippen LogP contribution in [0.25, 0.3) is 16.7 Å². The topological polar surface area (TPSA) is 43.8 Å². The summed E-state index contributed by atoms with van der Waals surface area (Å²) in [4.78, 5) is 3.87. The van der Waals surface area contributed by atoms with E-state index >= 15 is 0 Å². The molecule has 3 nitrogen and oxygen atoms in total. The van der Waals surface area contributed by atoms with Gasteiger partial charge in [-0.05, 0) is 12.1 Å². The molecule has 0 fully saturated rings. The number of hydrogen-bond acceptors (Lipinski definition) is 2. The molecule has 0 saturated carbocycles. The highest BCUT2D eigenvalue weighted by molar-refractivity contribution is 6.35. The van der Waals surface area contributed by atoms with Crippen LogP contribution in [-0.2, 0) is 0 Å². The first kappa shape index (κ1) is 13.7. The number of imidazole rings is 1. The summed E-state index contributed by atoms with van der Waals surface area (Å²) >= 11 is 5.96. The first-order valence-corrected chi connectivity index (χ1v) is 6.05. The lowest BCUT2D eigenvalue weighted by Gasteiger charge is -2.11. The number of aromatic nitrogens is 2. The van der Waals surface area contributed by atoms with Crippen molar-refractivity contribution in [2.75, 3.05) is 5.73 Å². The Morgan fingerprint density at radius 2 is 1.67 bits per heavy atom. The molecule has 0 aliphatic heterocycles. The van der Waals surface area contributed by atoms with Crippen LogP contribution in [0.2, 0.25) is 5.02 Å². The maximum absolute atomic E-state index is 13.9. The molecule has 21 heavy (non-hydrogen) atoms. The highest BCUT2D eigenvalue weighted by atomic mass is 35.5. The molecule has 2 aromatic carbocycles. The van der Waals surface area contributed by atoms with Crippen molar-refractivity contribution in [3.63, 3.8) is 0 Å². The predicted molar refractivity (Wildman–Crippen MR) is 70.3 cm³/mol. The highest BCUT2D eigenvalue weighted by Crippen LogP contribution is 2.32. The molecule has 3 aromatic rings. The third-order valence-corrected chi connectivity index (χ3v) is 3.27. The molecule has 2 N–H and O–H groups in total. The van der Waals surface area contributed by atoms with Gasteiger partial charge in [-0.25, -0.2) is 22.5 Å². The Labute approximate surface area is 120 Å². The average molecular weight is 316 g/mol. The SMILES string of the molecule is Nc1nc2cccc(Cl)c2n1-c1c(F)c(F)cc(F)c1F. The van der Waals surface area contributed by atoms with Crippen LogP contribution in [0.1, 0.15) is 0 Å². The Bertz CT molecular complexity index is 849. The van der Waals surface area contributed by atoms with Crippen molar-refractivity contribution in [1.82, 2.24) is 9.55 Å². The number of nitrogens with two attached hydrogens (primary N) is 1. The van der Waals surface area contributed by atoms with Crippen molar-refractivity contribution in [2.24, 2.45) is 0 Å². The molecular weight excluding hydrogens is 310 g/mol. The first-order valence-electron chi connectivity index (χ1n) is 5.67. The second-order valence-corrected chi connectivity index (χ2v) is 4.64. The molecule has 1 heterocycles. The Morgan fingerprint density at radius 3 is 2.29 bits per heavy atom. The minimum absolute atomic E-state index is 0.0551. The van der Waals surface area contributed by atoms with Gasteiger partial charge < -0.3 is 5.73 Å². The van der Waals surface area contributed by atoms with Crippen LogP contribution in [0, 0.1) is 23.3 Å². The van der Waals surface area contributed by atoms with E-state index in [2.05, 4.69) is 4.98 Å². The summed E-state index contributed by atoms with van der Waals surface area (Å²) in [6, 6.07) is 4.61. The minimum atomic E-state index is -1.58. The fourth-order valence-corrected chi connectivity index (χ4v) is 2.34. The molecule has 0 bridgehead atoms. The van der Waals surface area contributed by atoms with Crippen molar-refractivity contribution in [3.8, 4) is 5.69 Å². The predicted octanol–water partition coefficient (Wildman–Crippen LogP) is 3.82. The molecule has 0 aliphatic carbocycles. The molecule has 3 rings (SSSR count). The van der Waals surface area contributed by atoms with E-state index in [4.69, 9.17) is 17.3 Å². The Balaban J connectivity index is 2.50. The van der Waals surface area contributed by atoms with E-state index in [1.165, 1.54) is 12.1 Å². The van der Waals surface area contributed by atoms with E-state index in [-0.39, 0.29) is 28.1 Å². The maximum Gasteiger partial charge on any atom is 0.206 e. The second kappa shape index (κ2) is 4.63. The standard InChI is InChI=1S/C13H6ClF4N3/c14-5-2-1-3-8-11(5)21(13(19)20-8)12-9(17)6(15)4-7(16)10(12)18/h1-4H,(H2,19,20). The molecule has 108 valence electrons. The summed E-state index contributed by atoms with van der Waals surface area (Å²) in [5.74, 6) is -6.60. The Hall–Kier alpha value is -2.28. The molecule has 0 saturated heterocycles. The highest BCUT2D eigenvalue weighted by Gasteiger charge is 2.24. The normalized spacial score (nSPS) is 11.3. The summed E-state index contributed by atoms with van der Waals surface area (Å²) in [5, 5.41) is 0.0835. The van der Waals surface area contributed by atoms with Crippen LogP contribution in [0.5, 0.6) is 0 Å². The lowest BCUT2D eigenvalue weighted by Crippen LogP contribution is -2.09. The van der Waals surface area contributed by atoms with Crippen LogP contribution in [0.15, 0.2) is 24.3 Å². The smallest absolute Gasteiger partial charge is 0.206 e. The number of nitrogen functional groups attached to an aromatic ring is 1. The Kier molecular flexibility index (Phi) is 3.02. The number of rotatable bonds is 1. The fraction of sp³-hybridized carbons (Fsp3) is 0. The summed E-state index contributed by atoms with van der Waals surface area (Å²) < 4.78 is 55.3. The maximum atomic E-state index is 13.9. The Morgan fingerprint density at radius 1 is 1.05 bits per heavy atom. The lowest BCUT2D eigenvalue weighted by atomic mass is 10.2. The van der Waals surface area contributed by atoms with Crippen molar-refractivity contribution in [3.05, 3.63) is 52.6 Å². The van der Waals surface area contributed by atoms with Gasteiger partial charge >= 0.3 is 0 Å². The first-order chi connectivity index (χ1) is 9.91. The molecule has 1 aromatic heterocycles. The largest absolute Gasteiger partial charge is 0.369 e. The molecule has 8 heteroatoms. The van der Waals surface area contributed by atoms with Crippen LogP contribution in [0.4, 0.5) is 23.5 Å². The molecule has 0 amide bonds. The van der Waals surface area contributed by atoms with Crippen LogP contribution >= 0.6 is 11.6 Å². The molecule has 0 radical (unpaired) electrons. The van der Waals surface area contributed by atoms with Gasteiger partial charge in [0.05, 0.1) is 16.1 Å². The van der Waals surface area contributed by atoms with E-state index in [1.807, 2.05) is 0 Å². The number of anilines is 1. The summed E-state index contributed by atoms with van der Waals surface area (Å²) in [6.07, 6.45) is 0. The summed E-state index contributed by atoms with van der Waals surface area (Å²) in [5.41, 5.74) is 4.90. The zero-order valence-electron chi connectivity index (χ0n) is 10.2. The van der Waals surface area contributed by atoms with Gasteiger partial charge in [-0.3, -0.25) is 4.57 Å². The third-order valence-electron chi connectivity index (χ3n) is 2.97. The number of fused-ring (bicyclic) bond motifs is 1. The van der Waals surface area contributed by atoms with Crippen LogP contribution in [0.3, 0.4) is 0 Å². The second-order valence-electron chi connectivity index (χ2n) is 4.23. The summed E-state index contributed by atoms with van der Waals surface area (Å²) in [6.45, 7) is 0. The van der Waals surface area contributed by atoms with Gasteiger partial charge in [0, 0.05) is 6.07 Å². The molecule has 0 spiro atoms. The minimum Gasteiger partial charge on any atom is -0.369 e. The quantitative estimate of drug-likeness (QED) is 0.548. The van der Waals surface area contributed by atoms with Crippen molar-refractivity contribution in [2.45, 2.75) is 0 Å². The molecule has 0 aliphatic rings. The van der Waals surface area contributed by atoms with Crippen LogP contribution < -0.4 is 5.73 Å².